The third kappa shape index (κ3) is 4.93. The van der Waals surface area contributed by atoms with Gasteiger partial charge in [-0.1, -0.05) is 0 Å². The number of hydrogen-bond acceptors (Lipinski definition) is 3. The molecule has 0 heterocycles. The van der Waals surface area contributed by atoms with Crippen LogP contribution in [0.4, 0.5) is 13.2 Å². The number of hydrogen-bond donors (Lipinski definition) is 2. The molecule has 112 valence electrons. The molecule has 0 aromatic rings. The highest BCUT2D eigenvalue weighted by Crippen LogP contribution is 2.34. The predicted octanol–water partition coefficient (Wildman–Crippen LogP) is 2.38. The van der Waals surface area contributed by atoms with Crippen LogP contribution in [0.15, 0.2) is 0 Å². The molecular weight excluding hydrogens is 259 g/mol. The molecule has 2 fully saturated rings. The first-order valence-electron chi connectivity index (χ1n) is 6.99. The molecule has 0 bridgehead atoms. The number of halogens is 3. The van der Waals surface area contributed by atoms with Crippen LogP contribution in [-0.2, 0) is 4.74 Å². The van der Waals surface area contributed by atoms with Crippen LogP contribution in [0.5, 0.6) is 0 Å². The first-order chi connectivity index (χ1) is 8.92. The number of ether oxygens (including phenoxy) is 1. The van der Waals surface area contributed by atoms with E-state index >= 15 is 0 Å². The second kappa shape index (κ2) is 5.97. The Hall–Kier alpha value is -0.330. The molecule has 2 aliphatic carbocycles. The van der Waals surface area contributed by atoms with E-state index in [9.17, 15) is 18.3 Å². The van der Waals surface area contributed by atoms with Crippen LogP contribution in [0, 0.1) is 0 Å². The fourth-order valence-electron chi connectivity index (χ4n) is 2.77. The van der Waals surface area contributed by atoms with Gasteiger partial charge in [-0.15, -0.1) is 0 Å². The zero-order chi connectivity index (χ0) is 13.9. The Balaban J connectivity index is 1.78. The number of rotatable bonds is 6. The van der Waals surface area contributed by atoms with Gasteiger partial charge in [-0.25, -0.2) is 0 Å². The van der Waals surface area contributed by atoms with Crippen LogP contribution < -0.4 is 5.32 Å². The molecule has 0 spiro atoms. The number of alkyl halides is 3. The largest absolute Gasteiger partial charge is 0.394 e. The van der Waals surface area contributed by atoms with Crippen molar-refractivity contribution in [3.8, 4) is 0 Å². The molecule has 2 rings (SSSR count). The highest BCUT2D eigenvalue weighted by atomic mass is 19.4. The van der Waals surface area contributed by atoms with Gasteiger partial charge in [0, 0.05) is 11.6 Å². The van der Waals surface area contributed by atoms with Gasteiger partial charge in [0.05, 0.1) is 25.7 Å². The van der Waals surface area contributed by atoms with E-state index in [1.807, 2.05) is 0 Å². The molecule has 19 heavy (non-hydrogen) atoms. The quantitative estimate of drug-likeness (QED) is 0.785. The van der Waals surface area contributed by atoms with Gasteiger partial charge >= 0.3 is 6.18 Å². The van der Waals surface area contributed by atoms with Gasteiger partial charge in [0.25, 0.3) is 0 Å². The molecule has 2 N–H and O–H groups in total. The lowest BCUT2D eigenvalue weighted by atomic mass is 9.80. The summed E-state index contributed by atoms with van der Waals surface area (Å²) in [6.07, 6.45) is 0.179. The average molecular weight is 281 g/mol. The fourth-order valence-corrected chi connectivity index (χ4v) is 2.77. The minimum absolute atomic E-state index is 0.0304. The van der Waals surface area contributed by atoms with Gasteiger partial charge in [0.2, 0.25) is 0 Å². The van der Waals surface area contributed by atoms with Crippen LogP contribution in [0.2, 0.25) is 0 Å². The number of aliphatic hydroxyl groups excluding tert-OH is 1. The predicted molar refractivity (Wildman–Crippen MR) is 64.9 cm³/mol. The second-order valence-corrected chi connectivity index (χ2v) is 5.81. The lowest BCUT2D eigenvalue weighted by Gasteiger charge is -2.40. The molecule has 3 nitrogen and oxygen atoms in total. The van der Waals surface area contributed by atoms with Crippen LogP contribution in [-0.4, -0.2) is 42.2 Å². The zero-order valence-electron chi connectivity index (χ0n) is 11.0. The van der Waals surface area contributed by atoms with E-state index in [0.29, 0.717) is 12.5 Å². The monoisotopic (exact) mass is 281 g/mol. The van der Waals surface area contributed by atoms with Crippen LogP contribution >= 0.6 is 0 Å². The van der Waals surface area contributed by atoms with E-state index in [-0.39, 0.29) is 24.9 Å². The average Bonchev–Trinajstić information content (AvgIpc) is 3.12. The summed E-state index contributed by atoms with van der Waals surface area (Å²) < 4.78 is 41.6. The smallest absolute Gasteiger partial charge is 0.391 e. The number of aliphatic hydroxyl groups is 1. The molecule has 2 atom stereocenters. The van der Waals surface area contributed by atoms with Gasteiger partial charge in [-0.2, -0.15) is 13.2 Å². The molecule has 2 saturated carbocycles. The summed E-state index contributed by atoms with van der Waals surface area (Å²) >= 11 is 0. The van der Waals surface area contributed by atoms with Crippen molar-refractivity contribution >= 4 is 0 Å². The Labute approximate surface area is 111 Å². The van der Waals surface area contributed by atoms with Gasteiger partial charge in [0.15, 0.2) is 0 Å². The van der Waals surface area contributed by atoms with Crippen LogP contribution in [0.1, 0.15) is 44.9 Å². The van der Waals surface area contributed by atoms with Crippen molar-refractivity contribution in [2.75, 3.05) is 13.2 Å². The first-order valence-corrected chi connectivity index (χ1v) is 6.99. The minimum Gasteiger partial charge on any atom is -0.394 e. The molecule has 0 aromatic carbocycles. The van der Waals surface area contributed by atoms with E-state index in [0.717, 1.165) is 32.1 Å². The van der Waals surface area contributed by atoms with E-state index in [1.165, 1.54) is 0 Å². The summed E-state index contributed by atoms with van der Waals surface area (Å²) in [6.45, 7) is -0.248. The molecule has 2 unspecified atom stereocenters. The standard InChI is InChI=1S/C13H22F3NO2/c14-13(15,16)6-7-19-11-2-1-5-12(8-11,9-18)17-10-3-4-10/h10-11,17-18H,1-9H2. The highest BCUT2D eigenvalue weighted by molar-refractivity contribution is 4.99. The fraction of sp³-hybridized carbons (Fsp3) is 1.00. The maximum absolute atomic E-state index is 12.1. The maximum atomic E-state index is 12.1. The second-order valence-electron chi connectivity index (χ2n) is 5.81. The summed E-state index contributed by atoms with van der Waals surface area (Å²) in [5, 5.41) is 13.0. The normalized spacial score (nSPS) is 32.5. The summed E-state index contributed by atoms with van der Waals surface area (Å²) in [5.41, 5.74) is -0.345. The Morgan fingerprint density at radius 3 is 2.58 bits per heavy atom. The summed E-state index contributed by atoms with van der Waals surface area (Å²) in [6, 6.07) is 0.473. The van der Waals surface area contributed by atoms with E-state index < -0.39 is 12.6 Å². The van der Waals surface area contributed by atoms with Crippen molar-refractivity contribution in [1.29, 1.82) is 0 Å². The Bertz CT molecular complexity index is 294. The van der Waals surface area contributed by atoms with Gasteiger partial charge in [0.1, 0.15) is 0 Å². The van der Waals surface area contributed by atoms with Crippen molar-refractivity contribution in [2.45, 2.75) is 68.8 Å². The van der Waals surface area contributed by atoms with Crippen molar-refractivity contribution < 1.29 is 23.0 Å². The minimum atomic E-state index is -4.16. The lowest BCUT2D eigenvalue weighted by Crippen LogP contribution is -2.54. The molecular formula is C13H22F3NO2. The van der Waals surface area contributed by atoms with Crippen molar-refractivity contribution in [1.82, 2.24) is 5.32 Å². The van der Waals surface area contributed by atoms with Crippen LogP contribution in [0.3, 0.4) is 0 Å². The molecule has 0 saturated heterocycles. The summed E-state index contributed by atoms with van der Waals surface area (Å²) in [4.78, 5) is 0. The topological polar surface area (TPSA) is 41.5 Å². The summed E-state index contributed by atoms with van der Waals surface area (Å²) in [5.74, 6) is 0. The van der Waals surface area contributed by atoms with E-state index in [2.05, 4.69) is 5.32 Å². The molecule has 0 aliphatic heterocycles. The molecule has 6 heteroatoms. The molecule has 0 radical (unpaired) electrons. The first kappa shape index (κ1) is 15.1. The SMILES string of the molecule is OCC1(NC2CC2)CCCC(OCCC(F)(F)F)C1. The third-order valence-corrected chi connectivity index (χ3v) is 3.93. The highest BCUT2D eigenvalue weighted by Gasteiger charge is 2.40. The molecule has 2 aliphatic rings. The summed E-state index contributed by atoms with van der Waals surface area (Å²) in [7, 11) is 0. The Kier molecular flexibility index (Phi) is 4.74. The molecule has 0 aromatic heterocycles. The zero-order valence-corrected chi connectivity index (χ0v) is 11.0. The van der Waals surface area contributed by atoms with Crippen molar-refractivity contribution in [2.24, 2.45) is 0 Å². The Morgan fingerprint density at radius 1 is 1.26 bits per heavy atom. The third-order valence-electron chi connectivity index (χ3n) is 3.93. The van der Waals surface area contributed by atoms with Crippen molar-refractivity contribution in [3.05, 3.63) is 0 Å². The lowest BCUT2D eigenvalue weighted by molar-refractivity contribution is -0.151. The van der Waals surface area contributed by atoms with Gasteiger partial charge in [-0.05, 0) is 38.5 Å². The Morgan fingerprint density at radius 2 is 2.00 bits per heavy atom. The van der Waals surface area contributed by atoms with Crippen LogP contribution in [0.25, 0.3) is 0 Å². The molecule has 0 amide bonds. The van der Waals surface area contributed by atoms with Gasteiger partial charge < -0.3 is 15.2 Å². The number of nitrogens with one attached hydrogen (secondary N) is 1. The maximum Gasteiger partial charge on any atom is 0.391 e. The van der Waals surface area contributed by atoms with Gasteiger partial charge in [-0.3, -0.25) is 0 Å². The van der Waals surface area contributed by atoms with Crippen molar-refractivity contribution in [3.63, 3.8) is 0 Å². The van der Waals surface area contributed by atoms with E-state index in [4.69, 9.17) is 4.74 Å². The van der Waals surface area contributed by atoms with E-state index in [1.54, 1.807) is 0 Å².